The summed E-state index contributed by atoms with van der Waals surface area (Å²) in [6.07, 6.45) is 8.09. The Labute approximate surface area is 121 Å². The van der Waals surface area contributed by atoms with Gasteiger partial charge in [0.25, 0.3) is 0 Å². The number of methoxy groups -OCH3 is 1. The zero-order valence-electron chi connectivity index (χ0n) is 12.9. The van der Waals surface area contributed by atoms with Gasteiger partial charge in [-0.15, -0.1) is 0 Å². The van der Waals surface area contributed by atoms with Crippen molar-refractivity contribution < 1.29 is 4.74 Å². The lowest BCUT2D eigenvalue weighted by atomic mass is 9.87. The topological polar surface area (TPSA) is 27.1 Å². The summed E-state index contributed by atoms with van der Waals surface area (Å²) in [6, 6.07) is 4.65. The zero-order chi connectivity index (χ0) is 14.3. The molecule has 0 spiro atoms. The minimum absolute atomic E-state index is 0.133. The lowest BCUT2D eigenvalue weighted by molar-refractivity contribution is 0.0761. The van der Waals surface area contributed by atoms with Crippen molar-refractivity contribution in [1.82, 2.24) is 9.55 Å². The quantitative estimate of drug-likeness (QED) is 0.824. The van der Waals surface area contributed by atoms with Crippen LogP contribution in [0.3, 0.4) is 0 Å². The standard InChI is InChI=1S/C17H24N2O/c1-17(2,3)13-11-19(14-8-5-9-15(14)20-4)16-12(13)7-6-10-18-16/h6-7,10-11,14-15H,5,8-9H2,1-4H3/t14-,15-/m1/s1. The summed E-state index contributed by atoms with van der Waals surface area (Å²) in [5, 5.41) is 1.28. The first-order valence-electron chi connectivity index (χ1n) is 7.51. The van der Waals surface area contributed by atoms with Crippen LogP contribution in [0.25, 0.3) is 11.0 Å². The first-order valence-corrected chi connectivity index (χ1v) is 7.51. The molecule has 3 heteroatoms. The van der Waals surface area contributed by atoms with E-state index in [1.165, 1.54) is 23.8 Å². The maximum atomic E-state index is 5.67. The van der Waals surface area contributed by atoms with Gasteiger partial charge >= 0.3 is 0 Å². The molecule has 0 bridgehead atoms. The van der Waals surface area contributed by atoms with Crippen LogP contribution in [0.5, 0.6) is 0 Å². The molecule has 3 nitrogen and oxygen atoms in total. The Balaban J connectivity index is 2.16. The maximum Gasteiger partial charge on any atom is 0.140 e. The van der Waals surface area contributed by atoms with Crippen LogP contribution in [-0.2, 0) is 10.2 Å². The van der Waals surface area contributed by atoms with Crippen LogP contribution < -0.4 is 0 Å². The predicted molar refractivity (Wildman–Crippen MR) is 82.1 cm³/mol. The highest BCUT2D eigenvalue weighted by atomic mass is 16.5. The summed E-state index contributed by atoms with van der Waals surface area (Å²) in [4.78, 5) is 4.64. The van der Waals surface area contributed by atoms with Crippen LogP contribution in [0.1, 0.15) is 51.6 Å². The minimum Gasteiger partial charge on any atom is -0.379 e. The Morgan fingerprint density at radius 2 is 2.10 bits per heavy atom. The molecule has 0 aromatic carbocycles. The normalized spacial score (nSPS) is 23.6. The number of nitrogens with zero attached hydrogens (tertiary/aromatic N) is 2. The second-order valence-corrected chi connectivity index (χ2v) is 6.85. The molecule has 1 saturated carbocycles. The summed E-state index contributed by atoms with van der Waals surface area (Å²) in [5.41, 5.74) is 2.61. The van der Waals surface area contributed by atoms with Crippen molar-refractivity contribution in [3.05, 3.63) is 30.1 Å². The van der Waals surface area contributed by atoms with Gasteiger partial charge in [0.1, 0.15) is 5.65 Å². The molecule has 0 unspecified atom stereocenters. The Hall–Kier alpha value is -1.35. The number of fused-ring (bicyclic) bond motifs is 1. The van der Waals surface area contributed by atoms with Crippen LogP contribution >= 0.6 is 0 Å². The number of ether oxygens (including phenoxy) is 1. The molecule has 2 aromatic heterocycles. The first kappa shape index (κ1) is 13.6. The third-order valence-corrected chi connectivity index (χ3v) is 4.48. The fourth-order valence-electron chi connectivity index (χ4n) is 3.43. The molecule has 0 saturated heterocycles. The summed E-state index contributed by atoms with van der Waals surface area (Å²) < 4.78 is 8.03. The molecule has 108 valence electrons. The van der Waals surface area contributed by atoms with Crippen molar-refractivity contribution in [3.8, 4) is 0 Å². The molecule has 0 aliphatic heterocycles. The molecule has 2 atom stereocenters. The fourth-order valence-corrected chi connectivity index (χ4v) is 3.43. The lowest BCUT2D eigenvalue weighted by Crippen LogP contribution is -2.20. The predicted octanol–water partition coefficient (Wildman–Crippen LogP) is 4.07. The highest BCUT2D eigenvalue weighted by Crippen LogP contribution is 2.38. The zero-order valence-corrected chi connectivity index (χ0v) is 12.9. The van der Waals surface area contributed by atoms with Gasteiger partial charge in [-0.05, 0) is 42.4 Å². The van der Waals surface area contributed by atoms with Crippen molar-refractivity contribution in [2.24, 2.45) is 0 Å². The molecule has 3 rings (SSSR count). The van der Waals surface area contributed by atoms with Crippen LogP contribution in [-0.4, -0.2) is 22.8 Å². The van der Waals surface area contributed by atoms with Gasteiger partial charge in [-0.25, -0.2) is 4.98 Å². The van der Waals surface area contributed by atoms with Gasteiger partial charge in [-0.2, -0.15) is 0 Å². The van der Waals surface area contributed by atoms with E-state index >= 15 is 0 Å². The summed E-state index contributed by atoms with van der Waals surface area (Å²) in [5.74, 6) is 0. The van der Waals surface area contributed by atoms with Gasteiger partial charge < -0.3 is 9.30 Å². The average Bonchev–Trinajstić information content (AvgIpc) is 3.01. The van der Waals surface area contributed by atoms with E-state index in [-0.39, 0.29) is 5.41 Å². The van der Waals surface area contributed by atoms with E-state index in [2.05, 4.69) is 42.6 Å². The smallest absolute Gasteiger partial charge is 0.140 e. The molecule has 1 aliphatic carbocycles. The Morgan fingerprint density at radius 1 is 1.30 bits per heavy atom. The third-order valence-electron chi connectivity index (χ3n) is 4.48. The summed E-state index contributed by atoms with van der Waals surface area (Å²) in [7, 11) is 1.83. The first-order chi connectivity index (χ1) is 9.52. The maximum absolute atomic E-state index is 5.67. The molecule has 1 fully saturated rings. The van der Waals surface area contributed by atoms with Crippen LogP contribution in [0, 0.1) is 0 Å². The molecule has 20 heavy (non-hydrogen) atoms. The SMILES string of the molecule is CO[C@@H]1CCC[C@H]1n1cc(C(C)(C)C)c2cccnc21. The van der Waals surface area contributed by atoms with Gasteiger partial charge in [-0.3, -0.25) is 0 Å². The monoisotopic (exact) mass is 272 g/mol. The molecule has 0 amide bonds. The molecule has 2 heterocycles. The van der Waals surface area contributed by atoms with Crippen molar-refractivity contribution >= 4 is 11.0 Å². The number of hydrogen-bond donors (Lipinski definition) is 0. The van der Waals surface area contributed by atoms with Crippen LogP contribution in [0.15, 0.2) is 24.5 Å². The highest BCUT2D eigenvalue weighted by Gasteiger charge is 2.31. The van der Waals surface area contributed by atoms with Gasteiger partial charge in [0.2, 0.25) is 0 Å². The molecule has 0 radical (unpaired) electrons. The van der Waals surface area contributed by atoms with Gasteiger partial charge in [0.15, 0.2) is 0 Å². The molecule has 1 aliphatic rings. The Kier molecular flexibility index (Phi) is 3.33. The Morgan fingerprint density at radius 3 is 2.80 bits per heavy atom. The van der Waals surface area contributed by atoms with Gasteiger partial charge in [-0.1, -0.05) is 20.8 Å². The van der Waals surface area contributed by atoms with Crippen molar-refractivity contribution in [2.75, 3.05) is 7.11 Å². The van der Waals surface area contributed by atoms with Gasteiger partial charge in [0.05, 0.1) is 12.1 Å². The average molecular weight is 272 g/mol. The van der Waals surface area contributed by atoms with Crippen LogP contribution in [0.2, 0.25) is 0 Å². The third kappa shape index (κ3) is 2.14. The lowest BCUT2D eigenvalue weighted by Gasteiger charge is -2.21. The van der Waals surface area contributed by atoms with Crippen molar-refractivity contribution in [2.45, 2.75) is 57.6 Å². The van der Waals surface area contributed by atoms with E-state index in [1.54, 1.807) is 0 Å². The second-order valence-electron chi connectivity index (χ2n) is 6.85. The van der Waals surface area contributed by atoms with E-state index in [1.807, 2.05) is 19.4 Å². The van der Waals surface area contributed by atoms with E-state index in [0.717, 1.165) is 12.1 Å². The van der Waals surface area contributed by atoms with E-state index in [9.17, 15) is 0 Å². The van der Waals surface area contributed by atoms with E-state index < -0.39 is 0 Å². The largest absolute Gasteiger partial charge is 0.379 e. The van der Waals surface area contributed by atoms with Crippen molar-refractivity contribution in [3.63, 3.8) is 0 Å². The molecule has 0 N–H and O–H groups in total. The summed E-state index contributed by atoms with van der Waals surface area (Å²) >= 11 is 0. The van der Waals surface area contributed by atoms with Crippen LogP contribution in [0.4, 0.5) is 0 Å². The van der Waals surface area contributed by atoms with E-state index in [4.69, 9.17) is 4.74 Å². The molecule has 2 aromatic rings. The molecular weight excluding hydrogens is 248 g/mol. The number of hydrogen-bond acceptors (Lipinski definition) is 2. The number of aromatic nitrogens is 2. The molecular formula is C17H24N2O. The van der Waals surface area contributed by atoms with Gasteiger partial charge in [0, 0.05) is 24.9 Å². The Bertz CT molecular complexity index is 609. The second kappa shape index (κ2) is 4.88. The number of pyridine rings is 1. The fraction of sp³-hybridized carbons (Fsp3) is 0.588. The minimum atomic E-state index is 0.133. The van der Waals surface area contributed by atoms with Crippen molar-refractivity contribution in [1.29, 1.82) is 0 Å². The highest BCUT2D eigenvalue weighted by molar-refractivity contribution is 5.81. The number of rotatable bonds is 2. The summed E-state index contributed by atoms with van der Waals surface area (Å²) in [6.45, 7) is 6.80. The van der Waals surface area contributed by atoms with E-state index in [0.29, 0.717) is 12.1 Å².